The van der Waals surface area contributed by atoms with Crippen molar-refractivity contribution >= 4 is 17.4 Å². The fourth-order valence-corrected chi connectivity index (χ4v) is 3.63. The van der Waals surface area contributed by atoms with E-state index in [0.29, 0.717) is 24.5 Å². The zero-order valence-corrected chi connectivity index (χ0v) is 17.9. The van der Waals surface area contributed by atoms with Crippen LogP contribution < -0.4 is 9.64 Å². The van der Waals surface area contributed by atoms with Crippen LogP contribution in [0.3, 0.4) is 0 Å². The van der Waals surface area contributed by atoms with E-state index in [-0.39, 0.29) is 11.3 Å². The van der Waals surface area contributed by atoms with Gasteiger partial charge in [0.05, 0.1) is 32.3 Å². The van der Waals surface area contributed by atoms with Gasteiger partial charge in [-0.3, -0.25) is 14.6 Å². The van der Waals surface area contributed by atoms with Gasteiger partial charge in [-0.05, 0) is 42.0 Å². The maximum atomic E-state index is 13.0. The van der Waals surface area contributed by atoms with E-state index in [2.05, 4.69) is 11.6 Å². The van der Waals surface area contributed by atoms with Gasteiger partial charge in [-0.1, -0.05) is 12.7 Å². The number of Topliss-reactive ketones (excluding diaryl/α,β-unsaturated/α-hetero) is 1. The van der Waals surface area contributed by atoms with Crippen LogP contribution in [-0.2, 0) is 9.59 Å². The molecule has 1 fully saturated rings. The fourth-order valence-electron chi connectivity index (χ4n) is 3.63. The van der Waals surface area contributed by atoms with Gasteiger partial charge in [0.1, 0.15) is 18.1 Å². The number of amides is 1. The number of nitrogens with one attached hydrogen (secondary N) is 1. The van der Waals surface area contributed by atoms with Gasteiger partial charge in [-0.25, -0.2) is 0 Å². The number of rotatable bonds is 9. The summed E-state index contributed by atoms with van der Waals surface area (Å²) in [6, 6.07) is 9.61. The highest BCUT2D eigenvalue weighted by molar-refractivity contribution is 6.46. The van der Waals surface area contributed by atoms with Crippen molar-refractivity contribution in [3.63, 3.8) is 0 Å². The van der Waals surface area contributed by atoms with Crippen LogP contribution in [0.4, 0.5) is 0 Å². The molecule has 2 aromatic rings. The molecule has 1 aliphatic rings. The van der Waals surface area contributed by atoms with Gasteiger partial charge in [-0.2, -0.15) is 0 Å². The summed E-state index contributed by atoms with van der Waals surface area (Å²) in [6.07, 6.45) is 5.62. The number of carbonyl (C=O) groups is 2. The smallest absolute Gasteiger partial charge is 0.295 e. The van der Waals surface area contributed by atoms with Gasteiger partial charge < -0.3 is 19.6 Å². The first-order chi connectivity index (χ1) is 14.9. The molecule has 31 heavy (non-hydrogen) atoms. The summed E-state index contributed by atoms with van der Waals surface area (Å²) in [6.45, 7) is 5.26. The van der Waals surface area contributed by atoms with Gasteiger partial charge in [0, 0.05) is 30.9 Å². The Labute approximate surface area is 182 Å². The predicted octanol–water partition coefficient (Wildman–Crippen LogP) is 1.60. The average Bonchev–Trinajstić information content (AvgIpc) is 3.03. The minimum absolute atomic E-state index is 0.0909. The molecule has 0 radical (unpaired) electrons. The Balaban J connectivity index is 2.00. The molecule has 1 atom stereocenters. The van der Waals surface area contributed by atoms with Gasteiger partial charge in [-0.15, -0.1) is 0 Å². The first kappa shape index (κ1) is 22.2. The van der Waals surface area contributed by atoms with Crippen molar-refractivity contribution in [1.82, 2.24) is 9.88 Å². The highest BCUT2D eigenvalue weighted by atomic mass is 16.5. The number of ketones is 1. The van der Waals surface area contributed by atoms with Crippen LogP contribution in [0, 0.1) is 0 Å². The van der Waals surface area contributed by atoms with Gasteiger partial charge in [0.2, 0.25) is 0 Å². The number of nitrogens with zero attached hydrogens (tertiary/aromatic N) is 2. The van der Waals surface area contributed by atoms with E-state index in [9.17, 15) is 14.7 Å². The van der Waals surface area contributed by atoms with Crippen molar-refractivity contribution in [3.8, 4) is 5.75 Å². The number of aromatic nitrogens is 1. The number of benzene rings is 1. The van der Waals surface area contributed by atoms with Gasteiger partial charge in [0.15, 0.2) is 0 Å². The third-order valence-electron chi connectivity index (χ3n) is 5.13. The molecule has 162 valence electrons. The Hall–Kier alpha value is -3.45. The number of likely N-dealkylation sites (tertiary alicyclic amines) is 1. The zero-order valence-electron chi connectivity index (χ0n) is 17.9. The second-order valence-corrected chi connectivity index (χ2v) is 7.71. The molecule has 1 aliphatic heterocycles. The molecule has 0 aliphatic carbocycles. The summed E-state index contributed by atoms with van der Waals surface area (Å²) in [5.41, 5.74) is 1.27. The van der Waals surface area contributed by atoms with Gasteiger partial charge >= 0.3 is 0 Å². The van der Waals surface area contributed by atoms with E-state index < -0.39 is 17.7 Å². The quantitative estimate of drug-likeness (QED) is 0.278. The molecule has 0 bridgehead atoms. The number of quaternary nitrogens is 1. The number of aliphatic hydroxyl groups is 1. The molecule has 1 saturated heterocycles. The maximum Gasteiger partial charge on any atom is 0.295 e. The van der Waals surface area contributed by atoms with Crippen molar-refractivity contribution < 1.29 is 24.3 Å². The van der Waals surface area contributed by atoms with Crippen molar-refractivity contribution in [1.29, 1.82) is 0 Å². The molecule has 1 aromatic heterocycles. The second-order valence-electron chi connectivity index (χ2n) is 7.71. The Morgan fingerprint density at radius 1 is 1.19 bits per heavy atom. The summed E-state index contributed by atoms with van der Waals surface area (Å²) in [5, 5.41) is 11.0. The topological polar surface area (TPSA) is 84.2 Å². The largest absolute Gasteiger partial charge is 0.507 e. The number of hydrogen-bond donors (Lipinski definition) is 2. The van der Waals surface area contributed by atoms with Crippen LogP contribution in [0.25, 0.3) is 5.76 Å². The summed E-state index contributed by atoms with van der Waals surface area (Å²) >= 11 is 0. The minimum Gasteiger partial charge on any atom is -0.507 e. The maximum absolute atomic E-state index is 13.0. The lowest BCUT2D eigenvalue weighted by Crippen LogP contribution is -3.05. The SMILES string of the molecule is C=CCOc1ccc(C(O)=C2C(=O)C(=O)N(CCC[NH+](C)C)[C@@H]2c2ccncc2)cc1. The lowest BCUT2D eigenvalue weighted by atomic mass is 9.96. The highest BCUT2D eigenvalue weighted by Gasteiger charge is 2.45. The third-order valence-corrected chi connectivity index (χ3v) is 5.13. The van der Waals surface area contributed by atoms with Crippen LogP contribution in [0.15, 0.2) is 67.0 Å². The zero-order chi connectivity index (χ0) is 22.4. The molecule has 3 rings (SSSR count). The van der Waals surface area contributed by atoms with E-state index in [1.54, 1.807) is 59.8 Å². The van der Waals surface area contributed by atoms with E-state index >= 15 is 0 Å². The van der Waals surface area contributed by atoms with Crippen molar-refractivity contribution in [3.05, 3.63) is 78.1 Å². The third kappa shape index (κ3) is 5.00. The molecule has 1 aromatic carbocycles. The number of aliphatic hydroxyl groups excluding tert-OH is 1. The molecule has 0 saturated carbocycles. The Kier molecular flexibility index (Phi) is 7.20. The molecule has 0 spiro atoms. The van der Waals surface area contributed by atoms with Crippen molar-refractivity contribution in [2.75, 3.05) is 33.8 Å². The minimum atomic E-state index is -0.677. The number of pyridine rings is 1. The summed E-state index contributed by atoms with van der Waals surface area (Å²) in [4.78, 5) is 32.7. The lowest BCUT2D eigenvalue weighted by molar-refractivity contribution is -0.858. The first-order valence-electron chi connectivity index (χ1n) is 10.3. The van der Waals surface area contributed by atoms with Gasteiger partial charge in [0.25, 0.3) is 11.7 Å². The van der Waals surface area contributed by atoms with Crippen LogP contribution in [0.1, 0.15) is 23.6 Å². The standard InChI is InChI=1S/C24H27N3O4/c1-4-16-31-19-8-6-18(7-9-19)22(28)20-21(17-10-12-25-13-11-17)27(24(30)23(20)29)15-5-14-26(2)3/h4,6-13,21,28H,1,5,14-16H2,2-3H3/p+1/t21-/m1/s1. The second kappa shape index (κ2) is 10.0. The van der Waals surface area contributed by atoms with Crippen LogP contribution >= 0.6 is 0 Å². The summed E-state index contributed by atoms with van der Waals surface area (Å²) in [7, 11) is 4.08. The molecule has 7 heteroatoms. The fraction of sp³-hybridized carbons (Fsp3) is 0.292. The Morgan fingerprint density at radius 3 is 2.48 bits per heavy atom. The molecule has 2 heterocycles. The number of carbonyl (C=O) groups excluding carboxylic acids is 2. The van der Waals surface area contributed by atoms with E-state index in [1.807, 2.05) is 14.1 Å². The summed E-state index contributed by atoms with van der Waals surface area (Å²) in [5.74, 6) is -0.850. The Morgan fingerprint density at radius 2 is 1.87 bits per heavy atom. The lowest BCUT2D eigenvalue weighted by Gasteiger charge is -2.25. The predicted molar refractivity (Wildman–Crippen MR) is 118 cm³/mol. The van der Waals surface area contributed by atoms with Crippen LogP contribution in [-0.4, -0.2) is 60.5 Å². The first-order valence-corrected chi connectivity index (χ1v) is 10.3. The number of ether oxygens (including phenoxy) is 1. The molecular formula is C24H28N3O4+. The van der Waals surface area contributed by atoms with E-state index in [4.69, 9.17) is 4.74 Å². The molecule has 1 amide bonds. The van der Waals surface area contributed by atoms with Crippen LogP contribution in [0.5, 0.6) is 5.75 Å². The molecule has 2 N–H and O–H groups in total. The van der Waals surface area contributed by atoms with Crippen molar-refractivity contribution in [2.24, 2.45) is 0 Å². The monoisotopic (exact) mass is 422 g/mol. The molecular weight excluding hydrogens is 394 g/mol. The van der Waals surface area contributed by atoms with E-state index in [0.717, 1.165) is 18.5 Å². The molecule has 7 nitrogen and oxygen atoms in total. The van der Waals surface area contributed by atoms with Crippen LogP contribution in [0.2, 0.25) is 0 Å². The molecule has 0 unspecified atom stereocenters. The summed E-state index contributed by atoms with van der Waals surface area (Å²) < 4.78 is 5.47. The normalized spacial score (nSPS) is 17.9. The average molecular weight is 423 g/mol. The highest BCUT2D eigenvalue weighted by Crippen LogP contribution is 2.39. The van der Waals surface area contributed by atoms with Crippen molar-refractivity contribution in [2.45, 2.75) is 12.5 Å². The van der Waals surface area contributed by atoms with E-state index in [1.165, 1.54) is 4.90 Å². The number of hydrogen-bond acceptors (Lipinski definition) is 5. The Bertz CT molecular complexity index is 968.